The van der Waals surface area contributed by atoms with Crippen LogP contribution in [0.1, 0.15) is 62.7 Å². The van der Waals surface area contributed by atoms with Gasteiger partial charge in [-0.25, -0.2) is 4.79 Å². The van der Waals surface area contributed by atoms with Gasteiger partial charge in [0.2, 0.25) is 0 Å². The van der Waals surface area contributed by atoms with Gasteiger partial charge in [0.05, 0.1) is 1.37 Å². The molecule has 0 saturated carbocycles. The fourth-order valence-corrected chi connectivity index (χ4v) is 1.96. The van der Waals surface area contributed by atoms with Crippen LogP contribution < -0.4 is 0 Å². The zero-order valence-electron chi connectivity index (χ0n) is 15.1. The van der Waals surface area contributed by atoms with Crippen LogP contribution in [0.3, 0.4) is 0 Å². The summed E-state index contributed by atoms with van der Waals surface area (Å²) in [6, 6.07) is 0.125. The monoisotopic (exact) mass is 282 g/mol. The summed E-state index contributed by atoms with van der Waals surface area (Å²) < 4.78 is 13.1. The highest BCUT2D eigenvalue weighted by atomic mass is 16.6. The molecule has 20 heavy (non-hydrogen) atoms. The van der Waals surface area contributed by atoms with E-state index in [1.807, 2.05) is 34.6 Å². The van der Waals surface area contributed by atoms with Crippen molar-refractivity contribution in [3.8, 4) is 0 Å². The van der Waals surface area contributed by atoms with E-state index in [4.69, 9.17) is 6.11 Å². The van der Waals surface area contributed by atoms with E-state index in [9.17, 15) is 4.79 Å². The first-order chi connectivity index (χ1) is 9.65. The molecule has 116 valence electrons. The predicted octanol–water partition coefficient (Wildman–Crippen LogP) is 4.93. The van der Waals surface area contributed by atoms with Crippen LogP contribution in [0, 0.1) is 0 Å². The van der Waals surface area contributed by atoms with E-state index in [0.29, 0.717) is 0 Å². The van der Waals surface area contributed by atoms with Crippen molar-refractivity contribution in [2.75, 3.05) is 6.58 Å². The molecule has 0 heterocycles. The Bertz CT molecular complexity index is 374. The van der Waals surface area contributed by atoms with Crippen molar-refractivity contribution in [3.63, 3.8) is 0 Å². The number of carbonyl (C=O) groups is 1. The van der Waals surface area contributed by atoms with Crippen LogP contribution in [-0.2, 0) is 4.74 Å². The van der Waals surface area contributed by atoms with Gasteiger partial charge in [-0.2, -0.15) is 0 Å². The first-order valence-corrected chi connectivity index (χ1v) is 7.37. The molecule has 0 aliphatic carbocycles. The average molecular weight is 282 g/mol. The van der Waals surface area contributed by atoms with Crippen molar-refractivity contribution in [1.82, 2.24) is 4.90 Å². The smallest absolute Gasteiger partial charge is 0.410 e. The molecular weight excluding hydrogens is 250 g/mol. The maximum Gasteiger partial charge on any atom is 0.410 e. The lowest BCUT2D eigenvalue weighted by Gasteiger charge is -2.29. The zero-order valence-corrected chi connectivity index (χ0v) is 14.1. The lowest BCUT2D eigenvalue weighted by molar-refractivity contribution is 0.0874. The minimum atomic E-state index is -0.941. The van der Waals surface area contributed by atoms with Gasteiger partial charge in [0, 0.05) is 12.1 Å². The number of rotatable bonds is 7. The Morgan fingerprint density at radius 2 is 1.70 bits per heavy atom. The molecule has 3 heteroatoms. The van der Waals surface area contributed by atoms with Gasteiger partial charge < -0.3 is 9.64 Å². The quantitative estimate of drug-likeness (QED) is 0.619. The molecule has 0 radical (unpaired) electrons. The molecule has 0 saturated heterocycles. The van der Waals surface area contributed by atoms with Gasteiger partial charge in [-0.15, -0.1) is 0 Å². The summed E-state index contributed by atoms with van der Waals surface area (Å²) in [6.07, 6.45) is 5.29. The number of hydrogen-bond acceptors (Lipinski definition) is 2. The highest BCUT2D eigenvalue weighted by Gasteiger charge is 2.20. The van der Waals surface area contributed by atoms with Crippen LogP contribution in [0.25, 0.3) is 0 Å². The van der Waals surface area contributed by atoms with E-state index < -0.39 is 12.7 Å². The summed E-state index contributed by atoms with van der Waals surface area (Å²) in [6.45, 7) is 12.9. The van der Waals surface area contributed by atoms with Gasteiger partial charge in [-0.05, 0) is 67.4 Å². The van der Waals surface area contributed by atoms with E-state index >= 15 is 0 Å². The van der Waals surface area contributed by atoms with E-state index in [1.165, 1.54) is 5.57 Å². The van der Waals surface area contributed by atoms with E-state index in [2.05, 4.69) is 19.9 Å². The Labute approximate surface area is 126 Å². The SMILES string of the molecule is [2H][C@@H](/C=C(\C)CCC=C(C)C)OC(=O)N(C(C)C)C(C)C. The normalized spacial score (nSPS) is 14.1. The summed E-state index contributed by atoms with van der Waals surface area (Å²) in [4.78, 5) is 13.7. The maximum atomic E-state index is 12.1. The largest absolute Gasteiger partial charge is 0.445 e. The minimum Gasteiger partial charge on any atom is -0.445 e. The van der Waals surface area contributed by atoms with Gasteiger partial charge in [0.1, 0.15) is 6.58 Å². The third-order valence-electron chi connectivity index (χ3n) is 2.94. The highest BCUT2D eigenvalue weighted by Crippen LogP contribution is 2.09. The molecule has 0 aromatic heterocycles. The Balaban J connectivity index is 4.49. The number of nitrogens with zero attached hydrogens (tertiary/aromatic N) is 1. The number of allylic oxidation sites excluding steroid dienone is 3. The van der Waals surface area contributed by atoms with E-state index in [0.717, 1.165) is 18.4 Å². The third-order valence-corrected chi connectivity index (χ3v) is 2.94. The van der Waals surface area contributed by atoms with Gasteiger partial charge in [-0.1, -0.05) is 17.2 Å². The third kappa shape index (κ3) is 8.03. The molecule has 0 aliphatic rings. The second-order valence-electron chi connectivity index (χ2n) is 5.95. The van der Waals surface area contributed by atoms with E-state index in [-0.39, 0.29) is 12.1 Å². The molecule has 0 rings (SSSR count). The summed E-state index contributed by atoms with van der Waals surface area (Å²) >= 11 is 0. The number of carbonyl (C=O) groups excluding carboxylic acids is 1. The molecule has 3 nitrogen and oxygen atoms in total. The molecule has 0 fully saturated rings. The van der Waals surface area contributed by atoms with Gasteiger partial charge in [-0.3, -0.25) is 0 Å². The van der Waals surface area contributed by atoms with Gasteiger partial charge >= 0.3 is 6.09 Å². The molecule has 0 unspecified atom stereocenters. The number of amides is 1. The topological polar surface area (TPSA) is 29.5 Å². The van der Waals surface area contributed by atoms with Crippen LogP contribution in [0.15, 0.2) is 23.3 Å². The second-order valence-corrected chi connectivity index (χ2v) is 5.95. The van der Waals surface area contributed by atoms with Crippen molar-refractivity contribution in [2.45, 2.75) is 73.4 Å². The van der Waals surface area contributed by atoms with Crippen LogP contribution in [0.5, 0.6) is 0 Å². The predicted molar refractivity (Wildman–Crippen MR) is 85.9 cm³/mol. The second kappa shape index (κ2) is 9.62. The van der Waals surface area contributed by atoms with Crippen LogP contribution >= 0.6 is 0 Å². The summed E-state index contributed by atoms with van der Waals surface area (Å²) in [5, 5.41) is 0. The summed E-state index contributed by atoms with van der Waals surface area (Å²) in [5.41, 5.74) is 2.36. The first-order valence-electron chi connectivity index (χ1n) is 7.94. The fraction of sp³-hybridized carbons (Fsp3) is 0.706. The van der Waals surface area contributed by atoms with Gasteiger partial charge in [0.15, 0.2) is 0 Å². The maximum absolute atomic E-state index is 12.1. The van der Waals surface area contributed by atoms with Crippen molar-refractivity contribution in [1.29, 1.82) is 0 Å². The van der Waals surface area contributed by atoms with Crippen molar-refractivity contribution < 1.29 is 10.9 Å². The van der Waals surface area contributed by atoms with Crippen LogP contribution in [-0.4, -0.2) is 29.7 Å². The van der Waals surface area contributed by atoms with Crippen molar-refractivity contribution in [2.24, 2.45) is 0 Å². The van der Waals surface area contributed by atoms with Crippen molar-refractivity contribution >= 4 is 6.09 Å². The highest BCUT2D eigenvalue weighted by molar-refractivity contribution is 5.68. The Morgan fingerprint density at radius 1 is 1.15 bits per heavy atom. The van der Waals surface area contributed by atoms with Crippen LogP contribution in [0.4, 0.5) is 4.79 Å². The molecular formula is C17H31NO2. The molecule has 0 aliphatic heterocycles. The fourth-order valence-electron chi connectivity index (χ4n) is 1.96. The zero-order chi connectivity index (χ0) is 16.6. The number of hydrogen-bond donors (Lipinski definition) is 0. The molecule has 0 spiro atoms. The summed E-state index contributed by atoms with van der Waals surface area (Å²) in [5.74, 6) is 0. The molecule has 0 aromatic rings. The number of ether oxygens (including phenoxy) is 1. The Morgan fingerprint density at radius 3 is 2.15 bits per heavy atom. The molecule has 1 amide bonds. The Kier molecular flexibility index (Phi) is 8.08. The lowest BCUT2D eigenvalue weighted by Crippen LogP contribution is -2.42. The molecule has 1 atom stereocenters. The lowest BCUT2D eigenvalue weighted by atomic mass is 10.1. The van der Waals surface area contributed by atoms with Crippen molar-refractivity contribution in [3.05, 3.63) is 23.3 Å². The molecule has 0 bridgehead atoms. The van der Waals surface area contributed by atoms with Crippen LogP contribution in [0.2, 0.25) is 0 Å². The molecule has 0 aromatic carbocycles. The minimum absolute atomic E-state index is 0.0624. The average Bonchev–Trinajstić information content (AvgIpc) is 2.25. The Hall–Kier alpha value is -1.25. The standard InChI is InChI=1S/C17H31NO2/c1-13(2)9-8-10-16(7)11-12-20-17(19)18(14(3)4)15(5)6/h9,11,14-15H,8,10,12H2,1-7H3/b16-11+/i12D/t12-/m0/s1. The summed E-state index contributed by atoms with van der Waals surface area (Å²) in [7, 11) is 0. The molecule has 0 N–H and O–H groups in total. The van der Waals surface area contributed by atoms with E-state index in [1.54, 1.807) is 11.0 Å². The first kappa shape index (κ1) is 16.8. The van der Waals surface area contributed by atoms with Gasteiger partial charge in [0.25, 0.3) is 0 Å².